The van der Waals surface area contributed by atoms with Crippen LogP contribution in [0.5, 0.6) is 0 Å². The van der Waals surface area contributed by atoms with Gasteiger partial charge in [0.2, 0.25) is 0 Å². The smallest absolute Gasteiger partial charge is 0.160 e. The van der Waals surface area contributed by atoms with Gasteiger partial charge in [0.05, 0.1) is 11.4 Å². The summed E-state index contributed by atoms with van der Waals surface area (Å²) in [5.41, 5.74) is 7.12. The SMILES string of the molecule is Clc1cccc(-c2nc(-c3ccccc3)cc(-c3ccc(-c4ccccc4)cc3)n2)c1. The van der Waals surface area contributed by atoms with E-state index in [-0.39, 0.29) is 0 Å². The summed E-state index contributed by atoms with van der Waals surface area (Å²) in [6.07, 6.45) is 0. The second kappa shape index (κ2) is 8.55. The van der Waals surface area contributed by atoms with Gasteiger partial charge in [-0.15, -0.1) is 0 Å². The number of benzene rings is 4. The fraction of sp³-hybridized carbons (Fsp3) is 0. The third-order valence-corrected chi connectivity index (χ3v) is 5.40. The number of nitrogens with zero attached hydrogens (tertiary/aromatic N) is 2. The minimum absolute atomic E-state index is 0.658. The molecule has 1 aromatic heterocycles. The topological polar surface area (TPSA) is 25.8 Å². The van der Waals surface area contributed by atoms with Crippen molar-refractivity contribution in [1.82, 2.24) is 9.97 Å². The minimum atomic E-state index is 0.658. The average molecular weight is 419 g/mol. The predicted octanol–water partition coefficient (Wildman–Crippen LogP) is 7.80. The van der Waals surface area contributed by atoms with Crippen LogP contribution in [0.3, 0.4) is 0 Å². The van der Waals surface area contributed by atoms with Crippen LogP contribution < -0.4 is 0 Å². The Morgan fingerprint density at radius 2 is 0.903 bits per heavy atom. The van der Waals surface area contributed by atoms with E-state index in [2.05, 4.69) is 60.7 Å². The molecule has 0 fully saturated rings. The molecule has 1 heterocycles. The van der Waals surface area contributed by atoms with Crippen molar-refractivity contribution in [3.8, 4) is 45.0 Å². The van der Waals surface area contributed by atoms with Crippen molar-refractivity contribution in [2.75, 3.05) is 0 Å². The van der Waals surface area contributed by atoms with Gasteiger partial charge in [-0.2, -0.15) is 0 Å². The largest absolute Gasteiger partial charge is 0.228 e. The van der Waals surface area contributed by atoms with Crippen LogP contribution in [-0.4, -0.2) is 9.97 Å². The molecule has 0 N–H and O–H groups in total. The van der Waals surface area contributed by atoms with Crippen molar-refractivity contribution >= 4 is 11.6 Å². The highest BCUT2D eigenvalue weighted by atomic mass is 35.5. The van der Waals surface area contributed by atoms with Crippen LogP contribution in [0.1, 0.15) is 0 Å². The molecule has 2 nitrogen and oxygen atoms in total. The first-order chi connectivity index (χ1) is 15.3. The lowest BCUT2D eigenvalue weighted by Gasteiger charge is -2.10. The van der Waals surface area contributed by atoms with Crippen molar-refractivity contribution < 1.29 is 0 Å². The molecule has 0 saturated carbocycles. The maximum Gasteiger partial charge on any atom is 0.160 e. The molecule has 31 heavy (non-hydrogen) atoms. The van der Waals surface area contributed by atoms with Gasteiger partial charge in [-0.3, -0.25) is 0 Å². The van der Waals surface area contributed by atoms with Crippen LogP contribution in [0.15, 0.2) is 115 Å². The molecule has 0 aliphatic rings. The van der Waals surface area contributed by atoms with Gasteiger partial charge in [0.25, 0.3) is 0 Å². The van der Waals surface area contributed by atoms with E-state index in [1.54, 1.807) is 0 Å². The summed E-state index contributed by atoms with van der Waals surface area (Å²) in [5, 5.41) is 0.667. The standard InChI is InChI=1S/C28H19ClN2/c29-25-13-7-12-24(18-25)28-30-26(22-10-5-2-6-11-22)19-27(31-28)23-16-14-21(15-17-23)20-8-3-1-4-9-20/h1-19H. The van der Waals surface area contributed by atoms with E-state index in [1.165, 1.54) is 11.1 Å². The maximum atomic E-state index is 6.23. The molecule has 0 aliphatic heterocycles. The van der Waals surface area contributed by atoms with E-state index in [1.807, 2.05) is 54.6 Å². The van der Waals surface area contributed by atoms with Gasteiger partial charge in [-0.25, -0.2) is 9.97 Å². The first-order valence-corrected chi connectivity index (χ1v) is 10.5. The van der Waals surface area contributed by atoms with Crippen molar-refractivity contribution in [2.24, 2.45) is 0 Å². The predicted molar refractivity (Wildman–Crippen MR) is 129 cm³/mol. The highest BCUT2D eigenvalue weighted by molar-refractivity contribution is 6.30. The lowest BCUT2D eigenvalue weighted by atomic mass is 10.0. The van der Waals surface area contributed by atoms with Crippen molar-refractivity contribution in [3.63, 3.8) is 0 Å². The molecule has 148 valence electrons. The quantitative estimate of drug-likeness (QED) is 0.297. The zero-order valence-corrected chi connectivity index (χ0v) is 17.5. The molecule has 0 saturated heterocycles. The molecule has 0 amide bonds. The van der Waals surface area contributed by atoms with Gasteiger partial charge in [0.1, 0.15) is 0 Å². The zero-order chi connectivity index (χ0) is 21.0. The van der Waals surface area contributed by atoms with Crippen LogP contribution >= 0.6 is 11.6 Å². The molecule has 5 rings (SSSR count). The highest BCUT2D eigenvalue weighted by Crippen LogP contribution is 2.29. The normalized spacial score (nSPS) is 10.7. The highest BCUT2D eigenvalue weighted by Gasteiger charge is 2.11. The Hall–Kier alpha value is -3.75. The third kappa shape index (κ3) is 4.25. The maximum absolute atomic E-state index is 6.23. The monoisotopic (exact) mass is 418 g/mol. The van der Waals surface area contributed by atoms with Crippen molar-refractivity contribution in [1.29, 1.82) is 0 Å². The molecule has 5 aromatic rings. The summed E-state index contributed by atoms with van der Waals surface area (Å²) in [6.45, 7) is 0. The molecular formula is C28H19ClN2. The Balaban J connectivity index is 1.61. The first-order valence-electron chi connectivity index (χ1n) is 10.1. The summed E-state index contributed by atoms with van der Waals surface area (Å²) in [7, 11) is 0. The summed E-state index contributed by atoms with van der Waals surface area (Å²) in [6, 6.07) is 38.7. The van der Waals surface area contributed by atoms with Gasteiger partial charge in [-0.05, 0) is 29.3 Å². The summed E-state index contributed by atoms with van der Waals surface area (Å²) in [5.74, 6) is 0.658. The molecule has 0 bridgehead atoms. The fourth-order valence-electron chi connectivity index (χ4n) is 3.57. The Kier molecular flexibility index (Phi) is 5.30. The van der Waals surface area contributed by atoms with Crippen LogP contribution in [-0.2, 0) is 0 Å². The zero-order valence-electron chi connectivity index (χ0n) is 16.7. The first kappa shape index (κ1) is 19.2. The Morgan fingerprint density at radius 1 is 0.419 bits per heavy atom. The summed E-state index contributed by atoms with van der Waals surface area (Å²) >= 11 is 6.23. The molecule has 0 atom stereocenters. The molecule has 0 unspecified atom stereocenters. The van der Waals surface area contributed by atoms with Gasteiger partial charge in [0, 0.05) is 21.7 Å². The molecule has 0 aliphatic carbocycles. The minimum Gasteiger partial charge on any atom is -0.228 e. The van der Waals surface area contributed by atoms with Gasteiger partial charge < -0.3 is 0 Å². The summed E-state index contributed by atoms with van der Waals surface area (Å²) in [4.78, 5) is 9.71. The van der Waals surface area contributed by atoms with Crippen molar-refractivity contribution in [2.45, 2.75) is 0 Å². The number of hydrogen-bond acceptors (Lipinski definition) is 2. The van der Waals surface area contributed by atoms with E-state index < -0.39 is 0 Å². The second-order valence-electron chi connectivity index (χ2n) is 7.28. The lowest BCUT2D eigenvalue weighted by Crippen LogP contribution is -1.96. The molecule has 4 aromatic carbocycles. The summed E-state index contributed by atoms with van der Waals surface area (Å²) < 4.78 is 0. The molecule has 3 heteroatoms. The van der Waals surface area contributed by atoms with Gasteiger partial charge in [0.15, 0.2) is 5.82 Å². The van der Waals surface area contributed by atoms with E-state index in [0.29, 0.717) is 10.8 Å². The van der Waals surface area contributed by atoms with Crippen LogP contribution in [0.25, 0.3) is 45.0 Å². The van der Waals surface area contributed by atoms with E-state index in [9.17, 15) is 0 Å². The van der Waals surface area contributed by atoms with Crippen molar-refractivity contribution in [3.05, 3.63) is 120 Å². The fourth-order valence-corrected chi connectivity index (χ4v) is 3.76. The number of halogens is 1. The van der Waals surface area contributed by atoms with E-state index >= 15 is 0 Å². The number of rotatable bonds is 4. The molecular weight excluding hydrogens is 400 g/mol. The van der Waals surface area contributed by atoms with Gasteiger partial charge >= 0.3 is 0 Å². The average Bonchev–Trinajstić information content (AvgIpc) is 2.85. The lowest BCUT2D eigenvalue weighted by molar-refractivity contribution is 1.18. The molecule has 0 radical (unpaired) electrons. The van der Waals surface area contributed by atoms with E-state index in [0.717, 1.165) is 28.1 Å². The van der Waals surface area contributed by atoms with Crippen LogP contribution in [0, 0.1) is 0 Å². The van der Waals surface area contributed by atoms with E-state index in [4.69, 9.17) is 21.6 Å². The van der Waals surface area contributed by atoms with Gasteiger partial charge in [-0.1, -0.05) is 109 Å². The Bertz CT molecular complexity index is 1310. The Morgan fingerprint density at radius 3 is 1.52 bits per heavy atom. The Labute approximate surface area is 186 Å². The third-order valence-electron chi connectivity index (χ3n) is 5.17. The van der Waals surface area contributed by atoms with Crippen LogP contribution in [0.2, 0.25) is 5.02 Å². The number of hydrogen-bond donors (Lipinski definition) is 0. The van der Waals surface area contributed by atoms with Crippen LogP contribution in [0.4, 0.5) is 0 Å². The molecule has 0 spiro atoms. The second-order valence-corrected chi connectivity index (χ2v) is 7.72. The number of aromatic nitrogens is 2.